The van der Waals surface area contributed by atoms with Gasteiger partial charge < -0.3 is 19.7 Å². The van der Waals surface area contributed by atoms with Gasteiger partial charge in [0.1, 0.15) is 23.0 Å². The SMILES string of the molecule is CCCOc1c2cc(Br)cc1Sc1cc(Br)cc(c1O)Sc1cc(Br)cc(c1OCCC)Sc1cc(Br)cc(c1O)S2. The lowest BCUT2D eigenvalue weighted by molar-refractivity contribution is 0.302. The van der Waals surface area contributed by atoms with Crippen LogP contribution in [-0.2, 0) is 0 Å². The van der Waals surface area contributed by atoms with Crippen molar-refractivity contribution in [1.82, 2.24) is 0 Å². The Morgan fingerprint density at radius 3 is 0.952 bits per heavy atom. The standard InChI is InChI=1S/C30H24Br4O4S4/c1-3-5-37-29-23-11-17(33)12-24(29)40-20-8-16(32)10-22(28(20)36)42-26-14-18(34)13-25(30(26)38-6-4-2)41-21-9-15(31)7-19(39-23)27(21)35/h7-14,35-36H,3-6H2,1-2H3. The van der Waals surface area contributed by atoms with Gasteiger partial charge >= 0.3 is 0 Å². The molecule has 0 saturated heterocycles. The van der Waals surface area contributed by atoms with Gasteiger partial charge in [-0.1, -0.05) is 125 Å². The molecule has 0 radical (unpaired) electrons. The number of halogens is 4. The van der Waals surface area contributed by atoms with E-state index < -0.39 is 0 Å². The molecule has 0 atom stereocenters. The third-order valence-electron chi connectivity index (χ3n) is 5.76. The van der Waals surface area contributed by atoms with E-state index in [9.17, 15) is 10.2 Å². The van der Waals surface area contributed by atoms with E-state index in [1.807, 2.05) is 48.5 Å². The van der Waals surface area contributed by atoms with Gasteiger partial charge in [-0.05, 0) is 61.4 Å². The maximum absolute atomic E-state index is 11.6. The van der Waals surface area contributed by atoms with Gasteiger partial charge in [0.2, 0.25) is 0 Å². The molecule has 4 nitrogen and oxygen atoms in total. The third-order valence-corrected chi connectivity index (χ3v) is 11.8. The molecule has 220 valence electrons. The lowest BCUT2D eigenvalue weighted by Gasteiger charge is -2.20. The zero-order valence-electron chi connectivity index (χ0n) is 22.3. The number of phenols is 2. The summed E-state index contributed by atoms with van der Waals surface area (Å²) < 4.78 is 16.1. The Morgan fingerprint density at radius 1 is 0.476 bits per heavy atom. The second-order valence-corrected chi connectivity index (χ2v) is 17.1. The summed E-state index contributed by atoms with van der Waals surface area (Å²) >= 11 is 20.4. The van der Waals surface area contributed by atoms with Crippen molar-refractivity contribution in [3.05, 3.63) is 66.4 Å². The molecule has 0 aromatic heterocycles. The molecule has 8 bridgehead atoms. The Hall–Kier alpha value is -0.600. The van der Waals surface area contributed by atoms with Gasteiger partial charge in [0.05, 0.1) is 52.4 Å². The van der Waals surface area contributed by atoms with Gasteiger partial charge in [-0.2, -0.15) is 0 Å². The number of fused-ring (bicyclic) bond motifs is 8. The highest BCUT2D eigenvalue weighted by Crippen LogP contribution is 2.55. The predicted octanol–water partition coefficient (Wildman–Crippen LogP) is 12.6. The van der Waals surface area contributed by atoms with Gasteiger partial charge in [-0.15, -0.1) is 0 Å². The fourth-order valence-corrected chi connectivity index (χ4v) is 11.6. The van der Waals surface area contributed by atoms with Crippen molar-refractivity contribution in [1.29, 1.82) is 0 Å². The maximum atomic E-state index is 11.6. The predicted molar refractivity (Wildman–Crippen MR) is 188 cm³/mol. The van der Waals surface area contributed by atoms with Crippen LogP contribution in [0.2, 0.25) is 0 Å². The van der Waals surface area contributed by atoms with Gasteiger partial charge in [-0.3, -0.25) is 0 Å². The molecule has 0 saturated carbocycles. The second-order valence-electron chi connectivity index (χ2n) is 9.07. The van der Waals surface area contributed by atoms with E-state index in [4.69, 9.17) is 9.47 Å². The average Bonchev–Trinajstić information content (AvgIpc) is 2.92. The van der Waals surface area contributed by atoms with E-state index in [1.165, 1.54) is 47.0 Å². The van der Waals surface area contributed by atoms with Crippen LogP contribution >= 0.6 is 111 Å². The molecule has 0 unspecified atom stereocenters. The van der Waals surface area contributed by atoms with Gasteiger partial charge in [0.25, 0.3) is 0 Å². The number of ether oxygens (including phenoxy) is 2. The monoisotopic (exact) mass is 892 g/mol. The van der Waals surface area contributed by atoms with Gasteiger partial charge in [0, 0.05) is 17.9 Å². The largest absolute Gasteiger partial charge is 0.506 e. The number of hydrogen-bond donors (Lipinski definition) is 2. The van der Waals surface area contributed by atoms with Crippen LogP contribution in [0, 0.1) is 0 Å². The fraction of sp³-hybridized carbons (Fsp3) is 0.200. The number of phenolic OH excluding ortho intramolecular Hbond substituents is 2. The van der Waals surface area contributed by atoms with Crippen LogP contribution < -0.4 is 9.47 Å². The molecule has 42 heavy (non-hydrogen) atoms. The molecule has 1 aliphatic heterocycles. The molecule has 0 spiro atoms. The van der Waals surface area contributed by atoms with E-state index in [-0.39, 0.29) is 11.5 Å². The van der Waals surface area contributed by atoms with Crippen LogP contribution in [-0.4, -0.2) is 23.4 Å². The summed E-state index contributed by atoms with van der Waals surface area (Å²) in [5, 5.41) is 23.1. The Balaban J connectivity index is 1.79. The normalized spacial score (nSPS) is 12.7. The molecule has 4 aromatic carbocycles. The van der Waals surface area contributed by atoms with Crippen molar-refractivity contribution >= 4 is 111 Å². The molecule has 12 heteroatoms. The molecule has 1 aliphatic rings. The van der Waals surface area contributed by atoms with E-state index in [0.29, 0.717) is 44.3 Å². The van der Waals surface area contributed by atoms with Gasteiger partial charge in [0.15, 0.2) is 0 Å². The highest BCUT2D eigenvalue weighted by atomic mass is 79.9. The van der Waals surface area contributed by atoms with Crippen molar-refractivity contribution in [3.63, 3.8) is 0 Å². The first-order valence-corrected chi connectivity index (χ1v) is 19.3. The molecule has 0 amide bonds. The number of benzene rings is 4. The van der Waals surface area contributed by atoms with E-state index in [0.717, 1.165) is 50.3 Å². The summed E-state index contributed by atoms with van der Waals surface area (Å²) in [5.41, 5.74) is 0. The summed E-state index contributed by atoms with van der Waals surface area (Å²) in [7, 11) is 0. The summed E-state index contributed by atoms with van der Waals surface area (Å²) in [6, 6.07) is 15.6. The second kappa shape index (κ2) is 14.7. The molecule has 0 fully saturated rings. The number of aromatic hydroxyl groups is 2. The molecule has 1 heterocycles. The van der Waals surface area contributed by atoms with Crippen molar-refractivity contribution in [2.75, 3.05) is 13.2 Å². The Labute approximate surface area is 296 Å². The summed E-state index contributed by atoms with van der Waals surface area (Å²) in [4.78, 5) is 6.11. The van der Waals surface area contributed by atoms with Crippen molar-refractivity contribution in [3.8, 4) is 23.0 Å². The quantitative estimate of drug-likeness (QED) is 0.175. The molecule has 0 aliphatic carbocycles. The molecule has 4 aromatic rings. The highest BCUT2D eigenvalue weighted by Gasteiger charge is 2.23. The lowest BCUT2D eigenvalue weighted by Crippen LogP contribution is -1.99. The van der Waals surface area contributed by atoms with E-state index >= 15 is 0 Å². The summed E-state index contributed by atoms with van der Waals surface area (Å²) in [6.07, 6.45) is 1.68. The first-order valence-electron chi connectivity index (χ1n) is 12.9. The summed E-state index contributed by atoms with van der Waals surface area (Å²) in [5.74, 6) is 1.76. The van der Waals surface area contributed by atoms with Gasteiger partial charge in [-0.25, -0.2) is 0 Å². The third kappa shape index (κ3) is 7.61. The Morgan fingerprint density at radius 2 is 0.714 bits per heavy atom. The van der Waals surface area contributed by atoms with Crippen LogP contribution in [0.5, 0.6) is 23.0 Å². The van der Waals surface area contributed by atoms with Crippen molar-refractivity contribution < 1.29 is 19.7 Å². The number of rotatable bonds is 6. The minimum atomic E-state index is 0.179. The molecular weight excluding hydrogens is 872 g/mol. The van der Waals surface area contributed by atoms with E-state index in [2.05, 4.69) is 77.6 Å². The van der Waals surface area contributed by atoms with Crippen LogP contribution in [0.15, 0.2) is 106 Å². The Kier molecular flexibility index (Phi) is 11.4. The zero-order valence-corrected chi connectivity index (χ0v) is 31.9. The Bertz CT molecular complexity index is 1430. The smallest absolute Gasteiger partial charge is 0.147 e. The first kappa shape index (κ1) is 32.8. The average molecular weight is 896 g/mol. The van der Waals surface area contributed by atoms with Crippen LogP contribution in [0.1, 0.15) is 26.7 Å². The van der Waals surface area contributed by atoms with Crippen LogP contribution in [0.25, 0.3) is 0 Å². The van der Waals surface area contributed by atoms with E-state index in [1.54, 1.807) is 0 Å². The minimum Gasteiger partial charge on any atom is -0.506 e. The lowest BCUT2D eigenvalue weighted by atomic mass is 10.3. The van der Waals surface area contributed by atoms with Crippen molar-refractivity contribution in [2.45, 2.75) is 65.9 Å². The first-order chi connectivity index (χ1) is 20.2. The maximum Gasteiger partial charge on any atom is 0.147 e. The van der Waals surface area contributed by atoms with Crippen LogP contribution in [0.4, 0.5) is 0 Å². The number of hydrogen-bond acceptors (Lipinski definition) is 8. The highest BCUT2D eigenvalue weighted by molar-refractivity contribution is 9.11. The topological polar surface area (TPSA) is 58.9 Å². The minimum absolute atomic E-state index is 0.179. The zero-order chi connectivity index (χ0) is 30.0. The van der Waals surface area contributed by atoms with Crippen molar-refractivity contribution in [2.24, 2.45) is 0 Å². The van der Waals surface area contributed by atoms with Crippen LogP contribution in [0.3, 0.4) is 0 Å². The molecule has 5 rings (SSSR count). The summed E-state index contributed by atoms with van der Waals surface area (Å²) in [6.45, 7) is 5.19. The fourth-order valence-electron chi connectivity index (χ4n) is 3.97. The molecule has 2 N–H and O–H groups in total. The molecular formula is C30H24Br4O4S4.